The maximum Gasteiger partial charge on any atom is 0.437 e. The topological polar surface area (TPSA) is 74.3 Å². The molecule has 2 aromatic heterocycles. The van der Waals surface area contributed by atoms with E-state index in [1.54, 1.807) is 0 Å². The minimum atomic E-state index is -6.63. The molecule has 0 aliphatic heterocycles. The molecule has 36 heavy (non-hydrogen) atoms. The molecular formula is C19H14ClF9N4O3. The summed E-state index contributed by atoms with van der Waals surface area (Å²) in [7, 11) is 1.96. The van der Waals surface area contributed by atoms with E-state index in [9.17, 15) is 44.6 Å². The molecule has 0 spiro atoms. The zero-order valence-corrected chi connectivity index (χ0v) is 18.6. The summed E-state index contributed by atoms with van der Waals surface area (Å²) in [5.41, 5.74) is -8.10. The Kier molecular flexibility index (Phi) is 7.27. The number of aliphatic hydroxyl groups excluding tert-OH is 1. The molecule has 17 heteroatoms. The molecule has 0 aliphatic rings. The number of benzene rings is 1. The van der Waals surface area contributed by atoms with Gasteiger partial charge in [-0.15, -0.1) is 0 Å². The van der Waals surface area contributed by atoms with Crippen molar-refractivity contribution in [1.82, 2.24) is 19.6 Å². The molecule has 0 amide bonds. The first kappa shape index (κ1) is 27.6. The van der Waals surface area contributed by atoms with E-state index >= 15 is 0 Å². The van der Waals surface area contributed by atoms with Crippen LogP contribution in [0.5, 0.6) is 5.75 Å². The van der Waals surface area contributed by atoms with Gasteiger partial charge >= 0.3 is 24.6 Å². The van der Waals surface area contributed by atoms with Crippen molar-refractivity contribution < 1.29 is 54.1 Å². The van der Waals surface area contributed by atoms with Gasteiger partial charge in [-0.05, 0) is 17.7 Å². The fourth-order valence-electron chi connectivity index (χ4n) is 3.23. The van der Waals surface area contributed by atoms with Crippen molar-refractivity contribution in [3.05, 3.63) is 46.9 Å². The lowest BCUT2D eigenvalue weighted by molar-refractivity contribution is -0.350. The van der Waals surface area contributed by atoms with Crippen molar-refractivity contribution in [3.8, 4) is 22.7 Å². The Bertz CT molecular complexity index is 1230. The van der Waals surface area contributed by atoms with Crippen LogP contribution in [0.3, 0.4) is 0 Å². The largest absolute Gasteiger partial charge is 0.437 e. The molecule has 1 aromatic carbocycles. The molecule has 7 nitrogen and oxygen atoms in total. The lowest BCUT2D eigenvalue weighted by Crippen LogP contribution is -2.51. The predicted octanol–water partition coefficient (Wildman–Crippen LogP) is 5.45. The van der Waals surface area contributed by atoms with Gasteiger partial charge < -0.3 is 14.6 Å². The first-order valence-corrected chi connectivity index (χ1v) is 9.81. The third kappa shape index (κ3) is 4.71. The second-order valence-electron chi connectivity index (χ2n) is 7.16. The van der Waals surface area contributed by atoms with Crippen molar-refractivity contribution in [2.75, 3.05) is 7.11 Å². The average Bonchev–Trinajstić information content (AvgIpc) is 3.35. The summed E-state index contributed by atoms with van der Waals surface area (Å²) >= 11 is 5.99. The third-order valence-corrected chi connectivity index (χ3v) is 5.25. The number of ether oxygens (including phenoxy) is 2. The summed E-state index contributed by atoms with van der Waals surface area (Å²) < 4.78 is 130. The van der Waals surface area contributed by atoms with Gasteiger partial charge in [0.15, 0.2) is 23.6 Å². The molecule has 2 heterocycles. The Morgan fingerprint density at radius 2 is 1.64 bits per heavy atom. The SMILES string of the molecule is COC(O)c1cc(-c2cnn(-c3c(OC(F)F)c(C(F)(C(F)(F)F)C(F)(F)F)nn3C)c2)ccc1Cl. The van der Waals surface area contributed by atoms with Crippen molar-refractivity contribution in [2.45, 2.75) is 30.9 Å². The Morgan fingerprint density at radius 3 is 2.17 bits per heavy atom. The third-order valence-electron chi connectivity index (χ3n) is 4.91. The molecule has 0 aliphatic carbocycles. The quantitative estimate of drug-likeness (QED) is 0.312. The molecule has 1 unspecified atom stereocenters. The maximum atomic E-state index is 14.7. The van der Waals surface area contributed by atoms with E-state index in [0.717, 1.165) is 19.4 Å². The van der Waals surface area contributed by atoms with Crippen LogP contribution in [-0.4, -0.2) is 50.7 Å². The Morgan fingerprint density at radius 1 is 1.03 bits per heavy atom. The zero-order chi connectivity index (χ0) is 27.2. The minimum Gasteiger partial charge on any atom is -0.429 e. The molecule has 0 saturated carbocycles. The van der Waals surface area contributed by atoms with Gasteiger partial charge in [0.25, 0.3) is 0 Å². The molecule has 0 saturated heterocycles. The monoisotopic (exact) mass is 552 g/mol. The van der Waals surface area contributed by atoms with Gasteiger partial charge in [-0.1, -0.05) is 17.7 Å². The summed E-state index contributed by atoms with van der Waals surface area (Å²) in [6, 6.07) is 4.10. The fourth-order valence-corrected chi connectivity index (χ4v) is 3.44. The molecule has 0 fully saturated rings. The van der Waals surface area contributed by atoms with Crippen LogP contribution in [0.2, 0.25) is 5.02 Å². The fraction of sp³-hybridized carbons (Fsp3) is 0.368. The van der Waals surface area contributed by atoms with Crippen LogP contribution < -0.4 is 4.74 Å². The highest BCUT2D eigenvalue weighted by molar-refractivity contribution is 6.31. The molecule has 0 radical (unpaired) electrons. The average molecular weight is 553 g/mol. The normalized spacial score (nSPS) is 13.9. The van der Waals surface area contributed by atoms with Crippen LogP contribution in [0.15, 0.2) is 30.6 Å². The smallest absolute Gasteiger partial charge is 0.429 e. The van der Waals surface area contributed by atoms with E-state index in [1.165, 1.54) is 25.3 Å². The second kappa shape index (κ2) is 9.48. The van der Waals surface area contributed by atoms with Gasteiger partial charge in [0.2, 0.25) is 0 Å². The molecule has 3 aromatic rings. The molecule has 3 rings (SSSR count). The van der Waals surface area contributed by atoms with Gasteiger partial charge in [0.1, 0.15) is 0 Å². The Labute approximate surface area is 200 Å². The first-order chi connectivity index (χ1) is 16.5. The number of aromatic nitrogens is 4. The van der Waals surface area contributed by atoms with E-state index in [0.29, 0.717) is 4.68 Å². The second-order valence-corrected chi connectivity index (χ2v) is 7.56. The highest BCUT2D eigenvalue weighted by Crippen LogP contribution is 2.56. The minimum absolute atomic E-state index is 0.1000. The van der Waals surface area contributed by atoms with Crippen LogP contribution in [0.1, 0.15) is 17.5 Å². The van der Waals surface area contributed by atoms with Crippen LogP contribution >= 0.6 is 11.6 Å². The van der Waals surface area contributed by atoms with Gasteiger partial charge in [0.05, 0.1) is 6.20 Å². The maximum absolute atomic E-state index is 14.7. The summed E-state index contributed by atoms with van der Waals surface area (Å²) in [5, 5.41) is 16.6. The van der Waals surface area contributed by atoms with Crippen LogP contribution in [-0.2, 0) is 17.5 Å². The molecule has 0 bridgehead atoms. The van der Waals surface area contributed by atoms with Gasteiger partial charge in [-0.25, -0.2) is 13.8 Å². The lowest BCUT2D eigenvalue weighted by atomic mass is 9.99. The lowest BCUT2D eigenvalue weighted by Gasteiger charge is -2.28. The van der Waals surface area contributed by atoms with Crippen LogP contribution in [0, 0.1) is 0 Å². The molecule has 1 atom stereocenters. The van der Waals surface area contributed by atoms with E-state index < -0.39 is 48.2 Å². The van der Waals surface area contributed by atoms with E-state index in [1.807, 2.05) is 0 Å². The van der Waals surface area contributed by atoms with Crippen molar-refractivity contribution in [3.63, 3.8) is 0 Å². The predicted molar refractivity (Wildman–Crippen MR) is 104 cm³/mol. The zero-order valence-electron chi connectivity index (χ0n) is 17.9. The van der Waals surface area contributed by atoms with Gasteiger partial charge in [-0.2, -0.15) is 45.3 Å². The van der Waals surface area contributed by atoms with Crippen LogP contribution in [0.25, 0.3) is 16.9 Å². The highest BCUT2D eigenvalue weighted by Gasteiger charge is 2.76. The Balaban J connectivity index is 2.21. The standard InChI is InChI=1S/C19H14ClF9N4O3/c1-32-14(12(36-16(21)22)13(31-32)17(23,18(24,25)26)19(27,28)29)33-7-9(6-30-33)8-3-4-11(20)10(5-8)15(34)35-2/h3-7,15-16,34H,1-2H3. The number of rotatable bonds is 7. The molecule has 1 N–H and O–H groups in total. The van der Waals surface area contributed by atoms with Gasteiger partial charge in [-0.3, -0.25) is 0 Å². The number of halogens is 10. The summed E-state index contributed by atoms with van der Waals surface area (Å²) in [5.74, 6) is -2.79. The van der Waals surface area contributed by atoms with Crippen LogP contribution in [0.4, 0.5) is 39.5 Å². The van der Waals surface area contributed by atoms with Crippen molar-refractivity contribution in [1.29, 1.82) is 0 Å². The number of nitrogens with zero attached hydrogens (tertiary/aromatic N) is 4. The molecular weight excluding hydrogens is 539 g/mol. The van der Waals surface area contributed by atoms with Crippen molar-refractivity contribution in [2.24, 2.45) is 7.05 Å². The van der Waals surface area contributed by atoms with Gasteiger partial charge in [0, 0.05) is 36.5 Å². The molecule has 198 valence electrons. The van der Waals surface area contributed by atoms with Crippen molar-refractivity contribution >= 4 is 11.6 Å². The van der Waals surface area contributed by atoms with E-state index in [4.69, 9.17) is 16.3 Å². The highest BCUT2D eigenvalue weighted by atomic mass is 35.5. The van der Waals surface area contributed by atoms with E-state index in [2.05, 4.69) is 14.9 Å². The summed E-state index contributed by atoms with van der Waals surface area (Å²) in [6.07, 6.45) is -12.6. The Hall–Kier alpha value is -2.98. The number of methoxy groups -OCH3 is 1. The number of alkyl halides is 9. The number of aliphatic hydroxyl groups is 1. The van der Waals surface area contributed by atoms with E-state index in [-0.39, 0.29) is 26.4 Å². The summed E-state index contributed by atoms with van der Waals surface area (Å²) in [4.78, 5) is 0. The first-order valence-electron chi connectivity index (χ1n) is 9.43. The number of hydrogen-bond acceptors (Lipinski definition) is 5. The number of aryl methyl sites for hydroxylation is 1. The number of hydrogen-bond donors (Lipinski definition) is 1. The summed E-state index contributed by atoms with van der Waals surface area (Å²) in [6.45, 7) is -3.94.